The number of hydrogen-bond acceptors (Lipinski definition) is 4. The molecule has 0 unspecified atom stereocenters. The van der Waals surface area contributed by atoms with Crippen LogP contribution in [0.5, 0.6) is 11.5 Å². The van der Waals surface area contributed by atoms with Crippen molar-refractivity contribution in [3.8, 4) is 17.2 Å². The first-order chi connectivity index (χ1) is 9.33. The van der Waals surface area contributed by atoms with Gasteiger partial charge in [-0.2, -0.15) is 0 Å². The summed E-state index contributed by atoms with van der Waals surface area (Å²) in [6.07, 6.45) is 0.823. The molecule has 1 aliphatic heterocycles. The Morgan fingerprint density at radius 3 is 2.79 bits per heavy atom. The molecule has 0 saturated carbocycles. The average Bonchev–Trinajstić information content (AvgIpc) is 2.89. The van der Waals surface area contributed by atoms with E-state index in [0.29, 0.717) is 19.1 Å². The fourth-order valence-corrected chi connectivity index (χ4v) is 2.37. The van der Waals surface area contributed by atoms with Crippen molar-refractivity contribution in [3.05, 3.63) is 29.6 Å². The molecule has 100 valence electrons. The number of hydrogen-bond donors (Lipinski definition) is 0. The van der Waals surface area contributed by atoms with Crippen molar-refractivity contribution in [1.29, 1.82) is 0 Å². The zero-order chi connectivity index (χ0) is 13.2. The number of rotatable bonds is 3. The van der Waals surface area contributed by atoms with Gasteiger partial charge in [-0.3, -0.25) is 0 Å². The zero-order valence-corrected chi connectivity index (χ0v) is 11.4. The lowest BCUT2D eigenvalue weighted by Gasteiger charge is -2.19. The monoisotopic (exact) mass is 279 g/mol. The number of ether oxygens (including phenoxy) is 2. The minimum Gasteiger partial charge on any atom is -0.486 e. The Bertz CT molecular complexity index is 598. The van der Waals surface area contributed by atoms with Crippen LogP contribution in [-0.2, 0) is 12.3 Å². The Labute approximate surface area is 116 Å². The molecule has 3 rings (SSSR count). The van der Waals surface area contributed by atoms with Gasteiger partial charge in [0.25, 0.3) is 0 Å². The van der Waals surface area contributed by atoms with E-state index in [-0.39, 0.29) is 0 Å². The summed E-state index contributed by atoms with van der Waals surface area (Å²) in [6, 6.07) is 5.75. The van der Waals surface area contributed by atoms with Crippen LogP contribution in [-0.4, -0.2) is 28.2 Å². The number of benzene rings is 1. The van der Waals surface area contributed by atoms with Gasteiger partial charge in [-0.05, 0) is 18.6 Å². The number of alkyl halides is 1. The van der Waals surface area contributed by atoms with E-state index in [4.69, 9.17) is 21.1 Å². The van der Waals surface area contributed by atoms with E-state index in [2.05, 4.69) is 17.2 Å². The average molecular weight is 280 g/mol. The summed E-state index contributed by atoms with van der Waals surface area (Å²) in [6.45, 7) is 3.22. The van der Waals surface area contributed by atoms with Gasteiger partial charge in [-0.25, -0.2) is 4.68 Å². The van der Waals surface area contributed by atoms with E-state index in [1.165, 1.54) is 0 Å². The van der Waals surface area contributed by atoms with E-state index in [1.807, 2.05) is 18.2 Å². The summed E-state index contributed by atoms with van der Waals surface area (Å²) >= 11 is 5.87. The van der Waals surface area contributed by atoms with E-state index >= 15 is 0 Å². The van der Waals surface area contributed by atoms with Gasteiger partial charge in [0.05, 0.1) is 17.3 Å². The summed E-state index contributed by atoms with van der Waals surface area (Å²) in [4.78, 5) is 0. The smallest absolute Gasteiger partial charge is 0.163 e. The highest BCUT2D eigenvalue weighted by Gasteiger charge is 2.16. The van der Waals surface area contributed by atoms with Gasteiger partial charge < -0.3 is 9.47 Å². The molecule has 0 spiro atoms. The molecule has 0 radical (unpaired) electrons. The maximum Gasteiger partial charge on any atom is 0.163 e. The van der Waals surface area contributed by atoms with Crippen molar-refractivity contribution in [2.75, 3.05) is 13.2 Å². The molecule has 0 N–H and O–H groups in total. The van der Waals surface area contributed by atoms with Crippen LogP contribution in [0.2, 0.25) is 0 Å². The topological polar surface area (TPSA) is 49.2 Å². The second-order valence-corrected chi connectivity index (χ2v) is 4.48. The van der Waals surface area contributed by atoms with Gasteiger partial charge in [-0.15, -0.1) is 16.7 Å². The zero-order valence-electron chi connectivity index (χ0n) is 10.6. The predicted molar refractivity (Wildman–Crippen MR) is 71.3 cm³/mol. The van der Waals surface area contributed by atoms with Crippen molar-refractivity contribution >= 4 is 11.6 Å². The van der Waals surface area contributed by atoms with Crippen LogP contribution in [0, 0.1) is 0 Å². The summed E-state index contributed by atoms with van der Waals surface area (Å²) in [5.74, 6) is 1.88. The Morgan fingerprint density at radius 2 is 2.05 bits per heavy atom. The SMILES string of the molecule is CCc1c(CCl)nnn1-c1ccc2c(c1)OCCO2. The molecular formula is C13H14ClN3O2. The second-order valence-electron chi connectivity index (χ2n) is 4.21. The Hall–Kier alpha value is -1.75. The summed E-state index contributed by atoms with van der Waals surface area (Å²) in [7, 11) is 0. The molecule has 0 atom stereocenters. The van der Waals surface area contributed by atoms with Gasteiger partial charge in [0.1, 0.15) is 18.9 Å². The highest BCUT2D eigenvalue weighted by molar-refractivity contribution is 6.16. The molecule has 0 aliphatic carbocycles. The quantitative estimate of drug-likeness (QED) is 0.809. The minimum atomic E-state index is 0.369. The molecule has 1 aromatic heterocycles. The largest absolute Gasteiger partial charge is 0.486 e. The Kier molecular flexibility index (Phi) is 3.29. The van der Waals surface area contributed by atoms with Crippen LogP contribution in [0.1, 0.15) is 18.3 Å². The molecule has 6 heteroatoms. The summed E-state index contributed by atoms with van der Waals surface area (Å²) in [5.41, 5.74) is 2.75. The van der Waals surface area contributed by atoms with Gasteiger partial charge in [0.15, 0.2) is 11.5 Å². The van der Waals surface area contributed by atoms with Crippen molar-refractivity contribution in [2.45, 2.75) is 19.2 Å². The van der Waals surface area contributed by atoms with Crippen molar-refractivity contribution in [1.82, 2.24) is 15.0 Å². The predicted octanol–water partition coefficient (Wildman–Crippen LogP) is 2.34. The Morgan fingerprint density at radius 1 is 1.26 bits per heavy atom. The molecule has 1 aromatic carbocycles. The maximum atomic E-state index is 5.87. The second kappa shape index (κ2) is 5.09. The first-order valence-corrected chi connectivity index (χ1v) is 6.76. The Balaban J connectivity index is 2.04. The van der Waals surface area contributed by atoms with Crippen LogP contribution < -0.4 is 9.47 Å². The van der Waals surface area contributed by atoms with E-state index < -0.39 is 0 Å². The molecular weight excluding hydrogens is 266 g/mol. The first kappa shape index (κ1) is 12.3. The summed E-state index contributed by atoms with van der Waals surface area (Å²) in [5, 5.41) is 8.27. The first-order valence-electron chi connectivity index (χ1n) is 6.23. The molecule has 19 heavy (non-hydrogen) atoms. The lowest BCUT2D eigenvalue weighted by molar-refractivity contribution is 0.171. The standard InChI is InChI=1S/C13H14ClN3O2/c1-2-11-10(8-14)15-16-17(11)9-3-4-12-13(7-9)19-6-5-18-12/h3-4,7H,2,5-6,8H2,1H3. The third kappa shape index (κ3) is 2.14. The maximum absolute atomic E-state index is 5.87. The van der Waals surface area contributed by atoms with Gasteiger partial charge in [-0.1, -0.05) is 12.1 Å². The number of nitrogens with zero attached hydrogens (tertiary/aromatic N) is 3. The van der Waals surface area contributed by atoms with Gasteiger partial charge in [0, 0.05) is 6.07 Å². The van der Waals surface area contributed by atoms with Crippen LogP contribution in [0.25, 0.3) is 5.69 Å². The lowest BCUT2D eigenvalue weighted by Crippen LogP contribution is -2.15. The third-order valence-corrected chi connectivity index (χ3v) is 3.33. The third-order valence-electron chi connectivity index (χ3n) is 3.08. The number of halogens is 1. The number of fused-ring (bicyclic) bond motifs is 1. The summed E-state index contributed by atoms with van der Waals surface area (Å²) < 4.78 is 12.9. The van der Waals surface area contributed by atoms with E-state index in [9.17, 15) is 0 Å². The van der Waals surface area contributed by atoms with Crippen LogP contribution >= 0.6 is 11.6 Å². The highest BCUT2D eigenvalue weighted by Crippen LogP contribution is 2.32. The molecule has 0 saturated heterocycles. The minimum absolute atomic E-state index is 0.369. The van der Waals surface area contributed by atoms with Crippen molar-refractivity contribution in [3.63, 3.8) is 0 Å². The molecule has 5 nitrogen and oxygen atoms in total. The molecule has 0 amide bonds. The van der Waals surface area contributed by atoms with Crippen LogP contribution in [0.15, 0.2) is 18.2 Å². The molecule has 2 aromatic rings. The van der Waals surface area contributed by atoms with Crippen LogP contribution in [0.4, 0.5) is 0 Å². The normalized spacial score (nSPS) is 13.6. The van der Waals surface area contributed by atoms with Crippen molar-refractivity contribution in [2.24, 2.45) is 0 Å². The lowest BCUT2D eigenvalue weighted by atomic mass is 10.2. The molecule has 0 bridgehead atoms. The van der Waals surface area contributed by atoms with E-state index in [1.54, 1.807) is 4.68 Å². The highest BCUT2D eigenvalue weighted by atomic mass is 35.5. The van der Waals surface area contributed by atoms with E-state index in [0.717, 1.165) is 35.0 Å². The number of aromatic nitrogens is 3. The van der Waals surface area contributed by atoms with Gasteiger partial charge in [0.2, 0.25) is 0 Å². The molecule has 2 heterocycles. The van der Waals surface area contributed by atoms with Crippen LogP contribution in [0.3, 0.4) is 0 Å². The fourth-order valence-electron chi connectivity index (χ4n) is 2.16. The molecule has 1 aliphatic rings. The fraction of sp³-hybridized carbons (Fsp3) is 0.385. The van der Waals surface area contributed by atoms with Crippen molar-refractivity contribution < 1.29 is 9.47 Å². The molecule has 0 fully saturated rings. The van der Waals surface area contributed by atoms with Gasteiger partial charge >= 0.3 is 0 Å².